The molecule has 0 radical (unpaired) electrons. The molecule has 7 heteroatoms. The van der Waals surface area contributed by atoms with Crippen LogP contribution in [0.4, 0.5) is 13.2 Å². The Labute approximate surface area is 139 Å². The van der Waals surface area contributed by atoms with Crippen molar-refractivity contribution in [2.45, 2.75) is 45.0 Å². The largest absolute Gasteiger partial charge is 0.573 e. The molecule has 0 saturated carbocycles. The second-order valence-electron chi connectivity index (χ2n) is 6.23. The van der Waals surface area contributed by atoms with Crippen molar-refractivity contribution < 1.29 is 27.8 Å². The minimum atomic E-state index is -4.68. The van der Waals surface area contributed by atoms with E-state index in [-0.39, 0.29) is 18.2 Å². The second kappa shape index (κ2) is 7.88. The smallest absolute Gasteiger partial charge is 0.481 e. The van der Waals surface area contributed by atoms with Gasteiger partial charge in [-0.25, -0.2) is 0 Å². The summed E-state index contributed by atoms with van der Waals surface area (Å²) in [6, 6.07) is 6.01. The van der Waals surface area contributed by atoms with Gasteiger partial charge in [-0.2, -0.15) is 0 Å². The van der Waals surface area contributed by atoms with E-state index in [9.17, 15) is 18.0 Å². The summed E-state index contributed by atoms with van der Waals surface area (Å²) in [5.41, 5.74) is 0.920. The molecule has 0 amide bonds. The molecule has 134 valence electrons. The average Bonchev–Trinajstić information content (AvgIpc) is 2.52. The molecule has 0 aliphatic carbocycles. The van der Waals surface area contributed by atoms with Gasteiger partial charge in [0, 0.05) is 19.0 Å². The third kappa shape index (κ3) is 5.70. The zero-order valence-corrected chi connectivity index (χ0v) is 13.6. The van der Waals surface area contributed by atoms with Crippen molar-refractivity contribution in [1.82, 2.24) is 4.90 Å². The molecule has 1 aromatic carbocycles. The molecule has 1 aromatic rings. The number of carboxylic acid groups (broad SMARTS) is 1. The monoisotopic (exact) mass is 345 g/mol. The Kier molecular flexibility index (Phi) is 6.10. The van der Waals surface area contributed by atoms with Gasteiger partial charge in [0.1, 0.15) is 5.75 Å². The Balaban J connectivity index is 1.95. The van der Waals surface area contributed by atoms with Crippen LogP contribution in [0.15, 0.2) is 24.3 Å². The lowest BCUT2D eigenvalue weighted by atomic mass is 9.91. The third-order valence-corrected chi connectivity index (χ3v) is 4.46. The first-order valence-corrected chi connectivity index (χ1v) is 8.06. The molecule has 1 aliphatic heterocycles. The van der Waals surface area contributed by atoms with Gasteiger partial charge < -0.3 is 9.84 Å². The summed E-state index contributed by atoms with van der Waals surface area (Å²) < 4.78 is 40.5. The van der Waals surface area contributed by atoms with E-state index in [1.165, 1.54) is 12.1 Å². The van der Waals surface area contributed by atoms with Crippen molar-refractivity contribution in [2.75, 3.05) is 13.1 Å². The van der Waals surface area contributed by atoms with Gasteiger partial charge in [0.15, 0.2) is 0 Å². The van der Waals surface area contributed by atoms with E-state index >= 15 is 0 Å². The highest BCUT2D eigenvalue weighted by Crippen LogP contribution is 2.30. The Bertz CT molecular complexity index is 545. The number of hydrogen-bond acceptors (Lipinski definition) is 3. The van der Waals surface area contributed by atoms with Crippen LogP contribution < -0.4 is 4.74 Å². The van der Waals surface area contributed by atoms with Gasteiger partial charge in [-0.3, -0.25) is 9.69 Å². The third-order valence-electron chi connectivity index (χ3n) is 4.46. The number of ether oxygens (including phenoxy) is 1. The van der Waals surface area contributed by atoms with Crippen LogP contribution in [-0.2, 0) is 4.79 Å². The van der Waals surface area contributed by atoms with Crippen LogP contribution in [0.1, 0.15) is 44.2 Å². The minimum Gasteiger partial charge on any atom is -0.481 e. The Hall–Kier alpha value is -1.76. The fourth-order valence-corrected chi connectivity index (χ4v) is 3.17. The molecule has 2 unspecified atom stereocenters. The average molecular weight is 345 g/mol. The van der Waals surface area contributed by atoms with Crippen molar-refractivity contribution in [3.05, 3.63) is 29.8 Å². The lowest BCUT2D eigenvalue weighted by molar-refractivity contribution is -0.274. The highest BCUT2D eigenvalue weighted by Gasteiger charge is 2.31. The van der Waals surface area contributed by atoms with Gasteiger partial charge in [-0.15, -0.1) is 13.2 Å². The topological polar surface area (TPSA) is 49.8 Å². The molecule has 1 heterocycles. The molecule has 4 nitrogen and oxygen atoms in total. The van der Waals surface area contributed by atoms with Crippen LogP contribution in [0, 0.1) is 5.92 Å². The number of likely N-dealkylation sites (tertiary alicyclic amines) is 1. The van der Waals surface area contributed by atoms with Gasteiger partial charge in [0.25, 0.3) is 0 Å². The second-order valence-corrected chi connectivity index (χ2v) is 6.23. The summed E-state index contributed by atoms with van der Waals surface area (Å²) in [6.07, 6.45) is -1.82. The molecule has 1 saturated heterocycles. The number of piperidine rings is 1. The van der Waals surface area contributed by atoms with Crippen LogP contribution in [0.2, 0.25) is 0 Å². The van der Waals surface area contributed by atoms with E-state index in [2.05, 4.69) is 9.64 Å². The fourth-order valence-electron chi connectivity index (χ4n) is 3.17. The minimum absolute atomic E-state index is 0.0672. The van der Waals surface area contributed by atoms with Crippen LogP contribution in [-0.4, -0.2) is 35.4 Å². The van der Waals surface area contributed by atoms with E-state index in [1.807, 2.05) is 6.92 Å². The van der Waals surface area contributed by atoms with Crippen molar-refractivity contribution >= 4 is 5.97 Å². The maximum absolute atomic E-state index is 12.2. The van der Waals surface area contributed by atoms with E-state index in [4.69, 9.17) is 5.11 Å². The number of halogens is 3. The van der Waals surface area contributed by atoms with E-state index in [1.54, 1.807) is 12.1 Å². The summed E-state index contributed by atoms with van der Waals surface area (Å²) in [6.45, 7) is 3.74. The molecule has 0 bridgehead atoms. The molecule has 24 heavy (non-hydrogen) atoms. The molecule has 1 N–H and O–H groups in total. The SMILES string of the molecule is CC(c1ccc(OC(F)(F)F)cc1)N1CCCC(CCC(=O)O)C1. The normalized spacial score (nSPS) is 20.6. The number of benzene rings is 1. The molecule has 2 atom stereocenters. The summed E-state index contributed by atoms with van der Waals surface area (Å²) >= 11 is 0. The molecule has 0 spiro atoms. The number of alkyl halides is 3. The maximum Gasteiger partial charge on any atom is 0.573 e. The van der Waals surface area contributed by atoms with Crippen LogP contribution in [0.5, 0.6) is 5.75 Å². The lowest BCUT2D eigenvalue weighted by Crippen LogP contribution is -2.37. The van der Waals surface area contributed by atoms with E-state index < -0.39 is 12.3 Å². The zero-order valence-electron chi connectivity index (χ0n) is 13.6. The van der Waals surface area contributed by atoms with Crippen molar-refractivity contribution in [3.8, 4) is 5.75 Å². The van der Waals surface area contributed by atoms with E-state index in [0.717, 1.165) is 31.5 Å². The fraction of sp³-hybridized carbons (Fsp3) is 0.588. The van der Waals surface area contributed by atoms with Gasteiger partial charge in [0.05, 0.1) is 0 Å². The molecular formula is C17H22F3NO3. The lowest BCUT2D eigenvalue weighted by Gasteiger charge is -2.37. The molecule has 1 aliphatic rings. The van der Waals surface area contributed by atoms with Crippen LogP contribution in [0.25, 0.3) is 0 Å². The number of hydrogen-bond donors (Lipinski definition) is 1. The summed E-state index contributed by atoms with van der Waals surface area (Å²) in [7, 11) is 0. The highest BCUT2D eigenvalue weighted by atomic mass is 19.4. The first kappa shape index (κ1) is 18.6. The number of carboxylic acids is 1. The van der Waals surface area contributed by atoms with Gasteiger partial charge >= 0.3 is 12.3 Å². The Morgan fingerprint density at radius 1 is 1.38 bits per heavy atom. The van der Waals surface area contributed by atoms with E-state index in [0.29, 0.717) is 12.3 Å². The van der Waals surface area contributed by atoms with Gasteiger partial charge in [-0.05, 0) is 56.3 Å². The van der Waals surface area contributed by atoms with Crippen LogP contribution >= 0.6 is 0 Å². The Morgan fingerprint density at radius 3 is 2.62 bits per heavy atom. The standard InChI is InChI=1S/C17H22F3NO3/c1-12(14-5-7-15(8-6-14)24-17(18,19)20)21-10-2-3-13(11-21)4-9-16(22)23/h5-8,12-13H,2-4,9-11H2,1H3,(H,22,23). The quantitative estimate of drug-likeness (QED) is 0.838. The predicted molar refractivity (Wildman–Crippen MR) is 82.7 cm³/mol. The number of nitrogens with zero attached hydrogens (tertiary/aromatic N) is 1. The van der Waals surface area contributed by atoms with Crippen molar-refractivity contribution in [3.63, 3.8) is 0 Å². The summed E-state index contributed by atoms with van der Waals surface area (Å²) in [5, 5.41) is 8.80. The molecular weight excluding hydrogens is 323 g/mol. The van der Waals surface area contributed by atoms with Crippen LogP contribution in [0.3, 0.4) is 0 Å². The number of aliphatic carboxylic acids is 1. The Morgan fingerprint density at radius 2 is 2.04 bits per heavy atom. The van der Waals surface area contributed by atoms with Crippen molar-refractivity contribution in [2.24, 2.45) is 5.92 Å². The predicted octanol–water partition coefficient (Wildman–Crippen LogP) is 4.22. The molecule has 0 aromatic heterocycles. The van der Waals surface area contributed by atoms with Gasteiger partial charge in [0.2, 0.25) is 0 Å². The number of rotatable bonds is 6. The summed E-state index contributed by atoms with van der Waals surface area (Å²) in [5.74, 6) is -0.651. The number of carbonyl (C=O) groups is 1. The highest BCUT2D eigenvalue weighted by molar-refractivity contribution is 5.66. The summed E-state index contributed by atoms with van der Waals surface area (Å²) in [4.78, 5) is 13.0. The van der Waals surface area contributed by atoms with Crippen molar-refractivity contribution in [1.29, 1.82) is 0 Å². The molecule has 2 rings (SSSR count). The maximum atomic E-state index is 12.2. The zero-order chi connectivity index (χ0) is 17.7. The first-order chi connectivity index (χ1) is 11.2. The molecule has 1 fully saturated rings. The first-order valence-electron chi connectivity index (χ1n) is 8.06. The van der Waals surface area contributed by atoms with Gasteiger partial charge in [-0.1, -0.05) is 12.1 Å².